The van der Waals surface area contributed by atoms with Crippen LogP contribution in [0.1, 0.15) is 47.2 Å². The molecule has 1 N–H and O–H groups in total. The molecule has 2 heterocycles. The summed E-state index contributed by atoms with van der Waals surface area (Å²) in [4.78, 5) is 33.4. The highest BCUT2D eigenvalue weighted by atomic mass is 35.5. The van der Waals surface area contributed by atoms with Gasteiger partial charge in [-0.1, -0.05) is 23.7 Å². The largest absolute Gasteiger partial charge is 0.430 e. The van der Waals surface area contributed by atoms with Gasteiger partial charge in [-0.25, -0.2) is 4.98 Å². The van der Waals surface area contributed by atoms with Crippen molar-refractivity contribution in [2.45, 2.75) is 43.6 Å². The predicted octanol–water partition coefficient (Wildman–Crippen LogP) is 5.36. The second-order valence-electron chi connectivity index (χ2n) is 10.3. The fraction of sp³-hybridized carbons (Fsp3) is 0.519. The van der Waals surface area contributed by atoms with Gasteiger partial charge in [0.1, 0.15) is 11.0 Å². The molecule has 0 aliphatic carbocycles. The Kier molecular flexibility index (Phi) is 9.84. The Labute approximate surface area is 238 Å². The van der Waals surface area contributed by atoms with E-state index >= 15 is 0 Å². The molecule has 3 rings (SSSR count). The van der Waals surface area contributed by atoms with Gasteiger partial charge in [-0.3, -0.25) is 9.59 Å². The van der Waals surface area contributed by atoms with E-state index in [4.69, 9.17) is 11.6 Å². The number of hydrogen-bond acceptors (Lipinski definition) is 5. The number of amides is 2. The topological polar surface area (TPSA) is 77.0 Å². The standard InChI is InChI=1S/C27H31ClF6N4O3/c1-36(2)23(39)20-9-10-21(35-22(20)28)38-14-11-17(12-15-38)6-5-13-37(3)24(40)25(41,27(32,33)34)18-7-4-8-19(16-18)26(29,30)31/h4,7-10,16-17,41H,5-6,11-15H2,1-3H3/t25-/m1/s1. The van der Waals surface area contributed by atoms with Gasteiger partial charge in [0.25, 0.3) is 17.4 Å². The smallest absolute Gasteiger partial charge is 0.369 e. The maximum atomic E-state index is 13.9. The highest BCUT2D eigenvalue weighted by molar-refractivity contribution is 6.32. The van der Waals surface area contributed by atoms with Crippen LogP contribution in [0.3, 0.4) is 0 Å². The molecule has 0 radical (unpaired) electrons. The molecule has 226 valence electrons. The van der Waals surface area contributed by atoms with Crippen LogP contribution in [0, 0.1) is 5.92 Å². The van der Waals surface area contributed by atoms with Crippen molar-refractivity contribution in [1.82, 2.24) is 14.8 Å². The summed E-state index contributed by atoms with van der Waals surface area (Å²) in [7, 11) is 4.30. The van der Waals surface area contributed by atoms with Gasteiger partial charge in [0.05, 0.1) is 11.1 Å². The summed E-state index contributed by atoms with van der Waals surface area (Å²) < 4.78 is 81.0. The number of halogens is 7. The molecule has 0 unspecified atom stereocenters. The van der Waals surface area contributed by atoms with Gasteiger partial charge in [-0.05, 0) is 55.9 Å². The van der Waals surface area contributed by atoms with E-state index in [1.54, 1.807) is 26.2 Å². The van der Waals surface area contributed by atoms with Crippen molar-refractivity contribution in [3.05, 3.63) is 58.2 Å². The number of benzene rings is 1. The molecule has 1 aliphatic rings. The van der Waals surface area contributed by atoms with Crippen LogP contribution in [0.25, 0.3) is 0 Å². The zero-order valence-corrected chi connectivity index (χ0v) is 23.4. The van der Waals surface area contributed by atoms with Crippen LogP contribution in [0.4, 0.5) is 32.2 Å². The van der Waals surface area contributed by atoms with Crippen LogP contribution in [0.15, 0.2) is 36.4 Å². The van der Waals surface area contributed by atoms with E-state index in [2.05, 4.69) is 4.98 Å². The molecule has 41 heavy (non-hydrogen) atoms. The minimum atomic E-state index is -5.55. The molecule has 1 saturated heterocycles. The van der Waals surface area contributed by atoms with Crippen LogP contribution in [-0.2, 0) is 16.6 Å². The number of pyridine rings is 1. The maximum Gasteiger partial charge on any atom is 0.430 e. The van der Waals surface area contributed by atoms with Gasteiger partial charge in [-0.15, -0.1) is 0 Å². The first-order valence-corrected chi connectivity index (χ1v) is 13.2. The molecule has 1 atom stereocenters. The lowest BCUT2D eigenvalue weighted by Gasteiger charge is -2.35. The summed E-state index contributed by atoms with van der Waals surface area (Å²) in [6.07, 6.45) is -8.11. The summed E-state index contributed by atoms with van der Waals surface area (Å²) in [6, 6.07) is 5.41. The number of carbonyl (C=O) groups is 2. The normalized spacial score (nSPS) is 16.3. The zero-order valence-electron chi connectivity index (χ0n) is 22.7. The Bertz CT molecular complexity index is 1250. The average molecular weight is 609 g/mol. The Balaban J connectivity index is 1.58. The molecule has 2 aromatic rings. The molecule has 1 aliphatic heterocycles. The number of likely N-dealkylation sites (N-methyl/N-ethyl adjacent to an activating group) is 1. The molecule has 0 bridgehead atoms. The molecular weight excluding hydrogens is 578 g/mol. The second kappa shape index (κ2) is 12.4. The number of aromatic nitrogens is 1. The van der Waals surface area contributed by atoms with Crippen molar-refractivity contribution in [2.75, 3.05) is 45.7 Å². The second-order valence-corrected chi connectivity index (χ2v) is 10.7. The fourth-order valence-electron chi connectivity index (χ4n) is 4.78. The summed E-state index contributed by atoms with van der Waals surface area (Å²) >= 11 is 6.21. The molecule has 1 aromatic heterocycles. The van der Waals surface area contributed by atoms with Crippen molar-refractivity contribution < 1.29 is 41.0 Å². The van der Waals surface area contributed by atoms with Gasteiger partial charge in [0, 0.05) is 46.3 Å². The Morgan fingerprint density at radius 2 is 1.63 bits per heavy atom. The predicted molar refractivity (Wildman–Crippen MR) is 140 cm³/mol. The van der Waals surface area contributed by atoms with Gasteiger partial charge in [0.15, 0.2) is 0 Å². The summed E-state index contributed by atoms with van der Waals surface area (Å²) in [6.45, 7) is 1.13. The number of aliphatic hydroxyl groups is 1. The Hall–Kier alpha value is -3.06. The van der Waals surface area contributed by atoms with Gasteiger partial charge in [0.2, 0.25) is 0 Å². The van der Waals surface area contributed by atoms with Crippen molar-refractivity contribution in [3.63, 3.8) is 0 Å². The molecule has 7 nitrogen and oxygen atoms in total. The minimum Gasteiger partial charge on any atom is -0.369 e. The lowest BCUT2D eigenvalue weighted by atomic mass is 9.89. The Morgan fingerprint density at radius 1 is 1.02 bits per heavy atom. The summed E-state index contributed by atoms with van der Waals surface area (Å²) in [5.74, 6) is -1.18. The number of carbonyl (C=O) groups excluding carboxylic acids is 2. The molecule has 0 spiro atoms. The molecular formula is C27H31ClF6N4O3. The van der Waals surface area contributed by atoms with Crippen molar-refractivity contribution in [3.8, 4) is 0 Å². The molecule has 1 aromatic carbocycles. The number of piperidine rings is 1. The Morgan fingerprint density at radius 3 is 2.17 bits per heavy atom. The van der Waals surface area contributed by atoms with E-state index in [1.165, 1.54) is 4.90 Å². The molecule has 0 saturated carbocycles. The third-order valence-corrected chi connectivity index (χ3v) is 7.48. The first-order valence-electron chi connectivity index (χ1n) is 12.8. The van der Waals surface area contributed by atoms with E-state index in [9.17, 15) is 41.0 Å². The third kappa shape index (κ3) is 7.24. The van der Waals surface area contributed by atoms with Crippen molar-refractivity contribution in [1.29, 1.82) is 0 Å². The number of anilines is 1. The average Bonchev–Trinajstić information content (AvgIpc) is 2.91. The first-order chi connectivity index (χ1) is 19.0. The SMILES string of the molecule is CN(C)C(=O)c1ccc(N2CCC(CCCN(C)C(=O)[C@](O)(c3cccc(C(F)(F)F)c3)C(F)(F)F)CC2)nc1Cl. The first kappa shape index (κ1) is 32.5. The monoisotopic (exact) mass is 608 g/mol. The third-order valence-electron chi connectivity index (χ3n) is 7.19. The van der Waals surface area contributed by atoms with Gasteiger partial charge < -0.3 is 19.8 Å². The quantitative estimate of drug-likeness (QED) is 0.323. The molecule has 14 heteroatoms. The summed E-state index contributed by atoms with van der Waals surface area (Å²) in [5.41, 5.74) is -6.44. The highest BCUT2D eigenvalue weighted by Gasteiger charge is 2.62. The number of hydrogen-bond donors (Lipinski definition) is 1. The van der Waals surface area contributed by atoms with Gasteiger partial charge >= 0.3 is 12.4 Å². The zero-order chi connectivity index (χ0) is 30.8. The number of alkyl halides is 6. The van der Waals surface area contributed by atoms with Crippen LogP contribution >= 0.6 is 11.6 Å². The lowest BCUT2D eigenvalue weighted by molar-refractivity contribution is -0.261. The van der Waals surface area contributed by atoms with Crippen LogP contribution in [-0.4, -0.2) is 78.7 Å². The van der Waals surface area contributed by atoms with Crippen molar-refractivity contribution in [2.24, 2.45) is 5.92 Å². The summed E-state index contributed by atoms with van der Waals surface area (Å²) in [5, 5.41) is 10.6. The van der Waals surface area contributed by atoms with E-state index in [1.807, 2.05) is 4.90 Å². The van der Waals surface area contributed by atoms with Crippen LogP contribution in [0.5, 0.6) is 0 Å². The maximum absolute atomic E-state index is 13.9. The van der Waals surface area contributed by atoms with Crippen molar-refractivity contribution >= 4 is 29.2 Å². The van der Waals surface area contributed by atoms with E-state index < -0.39 is 35.0 Å². The molecule has 2 amide bonds. The van der Waals surface area contributed by atoms with Crippen LogP contribution in [0.2, 0.25) is 5.15 Å². The van der Waals surface area contributed by atoms with E-state index in [0.29, 0.717) is 54.3 Å². The van der Waals surface area contributed by atoms with E-state index in [0.717, 1.165) is 26.0 Å². The van der Waals surface area contributed by atoms with Crippen LogP contribution < -0.4 is 4.90 Å². The lowest BCUT2D eigenvalue weighted by Crippen LogP contribution is -2.55. The number of rotatable bonds is 8. The van der Waals surface area contributed by atoms with Gasteiger partial charge in [-0.2, -0.15) is 26.3 Å². The number of nitrogens with zero attached hydrogens (tertiary/aromatic N) is 4. The van der Waals surface area contributed by atoms with E-state index in [-0.39, 0.29) is 29.6 Å². The minimum absolute atomic E-state index is 0.0972. The fourth-order valence-corrected chi connectivity index (χ4v) is 5.01. The molecule has 1 fully saturated rings. The highest BCUT2D eigenvalue weighted by Crippen LogP contribution is 2.42.